The Labute approximate surface area is 101 Å². The van der Waals surface area contributed by atoms with Crippen LogP contribution in [0.25, 0.3) is 0 Å². The third-order valence-electron chi connectivity index (χ3n) is 4.08. The van der Waals surface area contributed by atoms with Crippen LogP contribution in [0.4, 0.5) is 0 Å². The summed E-state index contributed by atoms with van der Waals surface area (Å²) in [4.78, 5) is 2.54. The van der Waals surface area contributed by atoms with E-state index >= 15 is 0 Å². The van der Waals surface area contributed by atoms with E-state index in [0.29, 0.717) is 5.41 Å². The number of nitrogens with zero attached hydrogens (tertiary/aromatic N) is 3. The molecule has 1 spiro atoms. The Morgan fingerprint density at radius 3 is 2.88 bits per heavy atom. The van der Waals surface area contributed by atoms with Gasteiger partial charge in [0.2, 0.25) is 0 Å². The quantitative estimate of drug-likeness (QED) is 0.791. The SMILES string of the molecule is Cn1ncc(Cl)c1CN1CCCC2(CC2)C1. The molecule has 2 fully saturated rings. The fourth-order valence-electron chi connectivity index (χ4n) is 2.86. The molecule has 2 aliphatic rings. The van der Waals surface area contributed by atoms with Gasteiger partial charge in [0.15, 0.2) is 0 Å². The van der Waals surface area contributed by atoms with Crippen LogP contribution < -0.4 is 0 Å². The zero-order valence-corrected chi connectivity index (χ0v) is 10.5. The van der Waals surface area contributed by atoms with Crippen molar-refractivity contribution in [1.82, 2.24) is 14.7 Å². The molecule has 1 aromatic rings. The second kappa shape index (κ2) is 3.74. The molecular weight excluding hydrogens is 222 g/mol. The maximum absolute atomic E-state index is 6.14. The average molecular weight is 240 g/mol. The summed E-state index contributed by atoms with van der Waals surface area (Å²) in [5.74, 6) is 0. The van der Waals surface area contributed by atoms with Crippen LogP contribution in [0.1, 0.15) is 31.4 Å². The molecule has 0 bridgehead atoms. The number of aromatic nitrogens is 2. The lowest BCUT2D eigenvalue weighted by atomic mass is 9.95. The Bertz CT molecular complexity index is 375. The van der Waals surface area contributed by atoms with E-state index < -0.39 is 0 Å². The fourth-order valence-corrected chi connectivity index (χ4v) is 3.08. The number of rotatable bonds is 2. The number of hydrogen-bond acceptors (Lipinski definition) is 2. The first-order chi connectivity index (χ1) is 7.69. The Morgan fingerprint density at radius 2 is 2.25 bits per heavy atom. The van der Waals surface area contributed by atoms with E-state index in [9.17, 15) is 0 Å². The lowest BCUT2D eigenvalue weighted by Gasteiger charge is -2.32. The summed E-state index contributed by atoms with van der Waals surface area (Å²) >= 11 is 6.14. The van der Waals surface area contributed by atoms with Crippen LogP contribution in [0.5, 0.6) is 0 Å². The lowest BCUT2D eigenvalue weighted by Crippen LogP contribution is -2.36. The zero-order chi connectivity index (χ0) is 11.2. The highest BCUT2D eigenvalue weighted by Gasteiger charge is 2.45. The van der Waals surface area contributed by atoms with E-state index in [1.807, 2.05) is 11.7 Å². The summed E-state index contributed by atoms with van der Waals surface area (Å²) < 4.78 is 1.90. The van der Waals surface area contributed by atoms with Gasteiger partial charge in [-0.15, -0.1) is 0 Å². The molecule has 1 saturated carbocycles. The van der Waals surface area contributed by atoms with Crippen molar-refractivity contribution in [2.45, 2.75) is 32.2 Å². The van der Waals surface area contributed by atoms with Crippen LogP contribution in [0, 0.1) is 5.41 Å². The number of halogens is 1. The van der Waals surface area contributed by atoms with Gasteiger partial charge >= 0.3 is 0 Å². The summed E-state index contributed by atoms with van der Waals surface area (Å²) in [5, 5.41) is 5.00. The smallest absolute Gasteiger partial charge is 0.0831 e. The predicted octanol–water partition coefficient (Wildman–Crippen LogP) is 2.45. The van der Waals surface area contributed by atoms with E-state index in [4.69, 9.17) is 11.6 Å². The van der Waals surface area contributed by atoms with Gasteiger partial charge in [0, 0.05) is 20.1 Å². The molecule has 16 heavy (non-hydrogen) atoms. The second-order valence-corrected chi connectivity index (χ2v) is 5.78. The number of likely N-dealkylation sites (tertiary alicyclic amines) is 1. The van der Waals surface area contributed by atoms with E-state index in [-0.39, 0.29) is 0 Å². The van der Waals surface area contributed by atoms with Gasteiger partial charge < -0.3 is 0 Å². The maximum atomic E-state index is 6.14. The summed E-state index contributed by atoms with van der Waals surface area (Å²) in [7, 11) is 1.97. The molecule has 0 amide bonds. The van der Waals surface area contributed by atoms with Crippen LogP contribution in [0.2, 0.25) is 5.02 Å². The monoisotopic (exact) mass is 239 g/mol. The molecule has 1 aliphatic carbocycles. The minimum atomic E-state index is 0.684. The van der Waals surface area contributed by atoms with Gasteiger partial charge in [-0.2, -0.15) is 5.10 Å². The van der Waals surface area contributed by atoms with Crippen LogP contribution >= 0.6 is 11.6 Å². The van der Waals surface area contributed by atoms with Crippen molar-refractivity contribution < 1.29 is 0 Å². The van der Waals surface area contributed by atoms with Crippen LogP contribution in [-0.4, -0.2) is 27.8 Å². The van der Waals surface area contributed by atoms with E-state index in [2.05, 4.69) is 10.00 Å². The second-order valence-electron chi connectivity index (χ2n) is 5.38. The molecule has 0 unspecified atom stereocenters. The van der Waals surface area contributed by atoms with Gasteiger partial charge in [-0.3, -0.25) is 9.58 Å². The Morgan fingerprint density at radius 1 is 1.44 bits per heavy atom. The van der Waals surface area contributed by atoms with Crippen molar-refractivity contribution in [2.24, 2.45) is 12.5 Å². The van der Waals surface area contributed by atoms with Crippen molar-refractivity contribution in [2.75, 3.05) is 13.1 Å². The molecular formula is C12H18ClN3. The lowest BCUT2D eigenvalue weighted by molar-refractivity contribution is 0.151. The molecule has 0 atom stereocenters. The maximum Gasteiger partial charge on any atom is 0.0831 e. The number of hydrogen-bond donors (Lipinski definition) is 0. The third-order valence-corrected chi connectivity index (χ3v) is 4.40. The van der Waals surface area contributed by atoms with Gasteiger partial charge in [0.25, 0.3) is 0 Å². The largest absolute Gasteiger partial charge is 0.297 e. The van der Waals surface area contributed by atoms with E-state index in [1.165, 1.54) is 38.8 Å². The molecule has 3 rings (SSSR count). The van der Waals surface area contributed by atoms with Crippen molar-refractivity contribution in [3.05, 3.63) is 16.9 Å². The molecule has 2 heterocycles. The Kier molecular flexibility index (Phi) is 2.48. The minimum Gasteiger partial charge on any atom is -0.297 e. The first-order valence-corrected chi connectivity index (χ1v) is 6.45. The number of aryl methyl sites for hydroxylation is 1. The molecule has 1 aliphatic heterocycles. The Hall–Kier alpha value is -0.540. The molecule has 1 saturated heterocycles. The summed E-state index contributed by atoms with van der Waals surface area (Å²) in [6.07, 6.45) is 7.39. The van der Waals surface area contributed by atoms with Gasteiger partial charge in [0.05, 0.1) is 16.9 Å². The predicted molar refractivity (Wildman–Crippen MR) is 64.4 cm³/mol. The van der Waals surface area contributed by atoms with Crippen molar-refractivity contribution in [1.29, 1.82) is 0 Å². The van der Waals surface area contributed by atoms with Gasteiger partial charge in [-0.1, -0.05) is 11.6 Å². The third kappa shape index (κ3) is 1.87. The summed E-state index contributed by atoms with van der Waals surface area (Å²) in [5.41, 5.74) is 1.84. The number of piperidine rings is 1. The van der Waals surface area contributed by atoms with Gasteiger partial charge in [-0.05, 0) is 37.6 Å². The van der Waals surface area contributed by atoms with Gasteiger partial charge in [0.1, 0.15) is 0 Å². The zero-order valence-electron chi connectivity index (χ0n) is 9.75. The van der Waals surface area contributed by atoms with Crippen molar-refractivity contribution in [3.8, 4) is 0 Å². The van der Waals surface area contributed by atoms with Crippen molar-refractivity contribution in [3.63, 3.8) is 0 Å². The highest BCUT2D eigenvalue weighted by molar-refractivity contribution is 6.31. The molecule has 4 heteroatoms. The topological polar surface area (TPSA) is 21.1 Å². The first-order valence-electron chi connectivity index (χ1n) is 6.07. The molecule has 0 radical (unpaired) electrons. The van der Waals surface area contributed by atoms with Gasteiger partial charge in [-0.25, -0.2) is 0 Å². The van der Waals surface area contributed by atoms with Crippen LogP contribution in [0.3, 0.4) is 0 Å². The molecule has 0 N–H and O–H groups in total. The minimum absolute atomic E-state index is 0.684. The molecule has 0 aromatic carbocycles. The molecule has 1 aromatic heterocycles. The highest BCUT2D eigenvalue weighted by Crippen LogP contribution is 2.52. The Balaban J connectivity index is 1.70. The average Bonchev–Trinajstić information content (AvgIpc) is 2.94. The van der Waals surface area contributed by atoms with Crippen molar-refractivity contribution >= 4 is 11.6 Å². The fraction of sp³-hybridized carbons (Fsp3) is 0.750. The highest BCUT2D eigenvalue weighted by atomic mass is 35.5. The first kappa shape index (κ1) is 10.6. The van der Waals surface area contributed by atoms with E-state index in [0.717, 1.165) is 17.3 Å². The molecule has 88 valence electrons. The standard InChI is InChI=1S/C12H18ClN3/c1-15-11(10(13)7-14-15)8-16-6-2-3-12(9-16)4-5-12/h7H,2-6,8-9H2,1H3. The molecule has 3 nitrogen and oxygen atoms in total. The van der Waals surface area contributed by atoms with Crippen LogP contribution in [-0.2, 0) is 13.6 Å². The van der Waals surface area contributed by atoms with E-state index in [1.54, 1.807) is 6.20 Å². The summed E-state index contributed by atoms with van der Waals surface area (Å²) in [6.45, 7) is 3.43. The van der Waals surface area contributed by atoms with Crippen LogP contribution in [0.15, 0.2) is 6.20 Å². The summed E-state index contributed by atoms with van der Waals surface area (Å²) in [6, 6.07) is 0. The normalized spacial score (nSPS) is 23.9.